The summed E-state index contributed by atoms with van der Waals surface area (Å²) in [6.45, 7) is 3.96. The van der Waals surface area contributed by atoms with E-state index < -0.39 is 0 Å². The van der Waals surface area contributed by atoms with Crippen molar-refractivity contribution in [1.29, 1.82) is 5.26 Å². The van der Waals surface area contributed by atoms with Gasteiger partial charge in [-0.25, -0.2) is 0 Å². The van der Waals surface area contributed by atoms with Gasteiger partial charge in [-0.3, -0.25) is 0 Å². The van der Waals surface area contributed by atoms with Crippen LogP contribution in [0.25, 0.3) is 0 Å². The van der Waals surface area contributed by atoms with Crippen LogP contribution in [0, 0.1) is 17.2 Å². The van der Waals surface area contributed by atoms with Crippen LogP contribution in [0.5, 0.6) is 0 Å². The molecule has 1 aromatic rings. The largest absolute Gasteiger partial charge is 0.370 e. The minimum absolute atomic E-state index is 0.252. The van der Waals surface area contributed by atoms with E-state index in [0.29, 0.717) is 16.5 Å². The number of hydrogen-bond donors (Lipinski definition) is 1. The number of anilines is 1. The Morgan fingerprint density at radius 3 is 2.67 bits per heavy atom. The van der Waals surface area contributed by atoms with Crippen molar-refractivity contribution in [1.82, 2.24) is 0 Å². The van der Waals surface area contributed by atoms with Crippen molar-refractivity contribution in [3.8, 4) is 6.07 Å². The second-order valence-electron chi connectivity index (χ2n) is 4.93. The van der Waals surface area contributed by atoms with Crippen LogP contribution < -0.4 is 10.6 Å². The maximum absolute atomic E-state index is 9.19. The number of nitriles is 1. The Labute approximate surface area is 113 Å². The highest BCUT2D eigenvalue weighted by atomic mass is 35.5. The summed E-state index contributed by atoms with van der Waals surface area (Å²) in [5.74, 6) is 0.589. The predicted molar refractivity (Wildman–Crippen MR) is 74.8 cm³/mol. The third kappa shape index (κ3) is 2.60. The Bertz CT molecular complexity index is 457. The van der Waals surface area contributed by atoms with Gasteiger partial charge in [0.05, 0.1) is 16.3 Å². The first kappa shape index (κ1) is 13.2. The van der Waals surface area contributed by atoms with E-state index >= 15 is 0 Å². The topological polar surface area (TPSA) is 53.0 Å². The number of hydrogen-bond acceptors (Lipinski definition) is 3. The van der Waals surface area contributed by atoms with E-state index in [1.807, 2.05) is 12.1 Å². The molecule has 96 valence electrons. The van der Waals surface area contributed by atoms with Crippen LogP contribution in [-0.4, -0.2) is 19.1 Å². The molecule has 1 heterocycles. The molecule has 4 heteroatoms. The minimum atomic E-state index is 0.252. The molecule has 3 nitrogen and oxygen atoms in total. The van der Waals surface area contributed by atoms with Gasteiger partial charge in [-0.15, -0.1) is 0 Å². The first-order valence-corrected chi connectivity index (χ1v) is 6.70. The molecule has 1 atom stereocenters. The molecule has 1 aliphatic rings. The first-order chi connectivity index (χ1) is 8.63. The molecule has 0 aliphatic carbocycles. The summed E-state index contributed by atoms with van der Waals surface area (Å²) in [4.78, 5) is 2.24. The molecule has 1 aromatic carbocycles. The van der Waals surface area contributed by atoms with Crippen molar-refractivity contribution < 1.29 is 0 Å². The summed E-state index contributed by atoms with van der Waals surface area (Å²) in [6.07, 6.45) is 2.16. The van der Waals surface area contributed by atoms with Crippen molar-refractivity contribution in [2.45, 2.75) is 25.8 Å². The fourth-order valence-corrected chi connectivity index (χ4v) is 2.76. The minimum Gasteiger partial charge on any atom is -0.370 e. The molecule has 2 rings (SSSR count). The zero-order valence-corrected chi connectivity index (χ0v) is 11.3. The molecule has 0 bridgehead atoms. The van der Waals surface area contributed by atoms with Crippen molar-refractivity contribution in [3.05, 3.63) is 28.8 Å². The Kier molecular flexibility index (Phi) is 4.11. The zero-order chi connectivity index (χ0) is 13.1. The predicted octanol–water partition coefficient (Wildman–Crippen LogP) is 2.78. The molecular formula is C14H18ClN3. The molecule has 1 fully saturated rings. The summed E-state index contributed by atoms with van der Waals surface area (Å²) in [6, 6.07) is 8.08. The zero-order valence-electron chi connectivity index (χ0n) is 10.6. The van der Waals surface area contributed by atoms with Gasteiger partial charge in [0, 0.05) is 19.1 Å². The normalized spacial score (nSPS) is 18.4. The smallest absolute Gasteiger partial charge is 0.103 e. The van der Waals surface area contributed by atoms with Crippen LogP contribution >= 0.6 is 11.6 Å². The van der Waals surface area contributed by atoms with Gasteiger partial charge >= 0.3 is 0 Å². The number of nitrogens with zero attached hydrogens (tertiary/aromatic N) is 2. The lowest BCUT2D eigenvalue weighted by atomic mass is 9.90. The van der Waals surface area contributed by atoms with Crippen LogP contribution in [0.3, 0.4) is 0 Å². The van der Waals surface area contributed by atoms with Gasteiger partial charge < -0.3 is 10.6 Å². The van der Waals surface area contributed by atoms with Crippen LogP contribution in [-0.2, 0) is 0 Å². The Hall–Kier alpha value is -1.24. The maximum atomic E-state index is 9.19. The second kappa shape index (κ2) is 5.60. The van der Waals surface area contributed by atoms with E-state index in [4.69, 9.17) is 17.3 Å². The summed E-state index contributed by atoms with van der Waals surface area (Å²) in [7, 11) is 0. The molecule has 1 saturated heterocycles. The van der Waals surface area contributed by atoms with Crippen LogP contribution in [0.15, 0.2) is 18.2 Å². The van der Waals surface area contributed by atoms with Gasteiger partial charge in [0.2, 0.25) is 0 Å². The Morgan fingerprint density at radius 2 is 2.11 bits per heavy atom. The Balaban J connectivity index is 2.15. The number of nitrogens with two attached hydrogens (primary N) is 1. The van der Waals surface area contributed by atoms with Crippen LogP contribution in [0.2, 0.25) is 5.02 Å². The summed E-state index contributed by atoms with van der Waals surface area (Å²) < 4.78 is 0. The first-order valence-electron chi connectivity index (χ1n) is 6.32. The maximum Gasteiger partial charge on any atom is 0.103 e. The van der Waals surface area contributed by atoms with Gasteiger partial charge in [-0.1, -0.05) is 17.7 Å². The van der Waals surface area contributed by atoms with Gasteiger partial charge in [-0.2, -0.15) is 5.26 Å². The van der Waals surface area contributed by atoms with E-state index in [2.05, 4.69) is 17.9 Å². The third-order valence-corrected chi connectivity index (χ3v) is 4.04. The van der Waals surface area contributed by atoms with E-state index in [1.54, 1.807) is 6.07 Å². The standard InChI is InChI=1S/C14H18ClN3/c1-10(17)11-5-7-18(8-6-11)14-4-2-3-13(15)12(14)9-16/h2-4,10-11H,5-8,17H2,1H3. The lowest BCUT2D eigenvalue weighted by Crippen LogP contribution is -2.40. The number of rotatable bonds is 2. The average molecular weight is 264 g/mol. The highest BCUT2D eigenvalue weighted by Crippen LogP contribution is 2.30. The van der Waals surface area contributed by atoms with Crippen LogP contribution in [0.1, 0.15) is 25.3 Å². The van der Waals surface area contributed by atoms with E-state index in [9.17, 15) is 5.26 Å². The quantitative estimate of drug-likeness (QED) is 0.893. The number of halogens is 1. The molecule has 18 heavy (non-hydrogen) atoms. The van der Waals surface area contributed by atoms with Crippen molar-refractivity contribution in [2.24, 2.45) is 11.7 Å². The van der Waals surface area contributed by atoms with Crippen molar-refractivity contribution in [3.63, 3.8) is 0 Å². The number of benzene rings is 1. The summed E-state index contributed by atoms with van der Waals surface area (Å²) in [5.41, 5.74) is 7.47. The summed E-state index contributed by atoms with van der Waals surface area (Å²) in [5, 5.41) is 9.72. The average Bonchev–Trinajstić information content (AvgIpc) is 2.38. The van der Waals surface area contributed by atoms with Gasteiger partial charge in [0.15, 0.2) is 0 Å². The molecule has 0 aromatic heterocycles. The third-order valence-electron chi connectivity index (χ3n) is 3.73. The SMILES string of the molecule is CC(N)C1CCN(c2cccc(Cl)c2C#N)CC1. The molecular weight excluding hydrogens is 246 g/mol. The molecule has 0 spiro atoms. The number of piperidine rings is 1. The second-order valence-corrected chi connectivity index (χ2v) is 5.34. The summed E-state index contributed by atoms with van der Waals surface area (Å²) >= 11 is 6.06. The fourth-order valence-electron chi connectivity index (χ4n) is 2.55. The molecule has 2 N–H and O–H groups in total. The molecule has 1 unspecified atom stereocenters. The molecule has 1 aliphatic heterocycles. The van der Waals surface area contributed by atoms with Crippen molar-refractivity contribution >= 4 is 17.3 Å². The molecule has 0 amide bonds. The molecule has 0 saturated carbocycles. The van der Waals surface area contributed by atoms with Crippen LogP contribution in [0.4, 0.5) is 5.69 Å². The Morgan fingerprint density at radius 1 is 1.44 bits per heavy atom. The fraction of sp³-hybridized carbons (Fsp3) is 0.500. The lowest BCUT2D eigenvalue weighted by molar-refractivity contribution is 0.354. The van der Waals surface area contributed by atoms with Gasteiger partial charge in [0.1, 0.15) is 6.07 Å². The lowest BCUT2D eigenvalue weighted by Gasteiger charge is -2.35. The monoisotopic (exact) mass is 263 g/mol. The van der Waals surface area contributed by atoms with Gasteiger partial charge in [-0.05, 0) is 37.8 Å². The van der Waals surface area contributed by atoms with Gasteiger partial charge in [0.25, 0.3) is 0 Å². The highest BCUT2D eigenvalue weighted by Gasteiger charge is 2.23. The molecule has 0 radical (unpaired) electrons. The van der Waals surface area contributed by atoms with E-state index in [0.717, 1.165) is 31.6 Å². The highest BCUT2D eigenvalue weighted by molar-refractivity contribution is 6.32. The van der Waals surface area contributed by atoms with E-state index in [-0.39, 0.29) is 6.04 Å². The van der Waals surface area contributed by atoms with E-state index in [1.165, 1.54) is 0 Å². The van der Waals surface area contributed by atoms with Crippen molar-refractivity contribution in [2.75, 3.05) is 18.0 Å².